The van der Waals surface area contributed by atoms with Crippen molar-refractivity contribution in [1.29, 1.82) is 0 Å². The van der Waals surface area contributed by atoms with E-state index >= 15 is 0 Å². The molecule has 1 amide bonds. The third-order valence-electron chi connectivity index (χ3n) is 1.52. The molecule has 0 aromatic carbocycles. The summed E-state index contributed by atoms with van der Waals surface area (Å²) >= 11 is 5.45. The molecule has 82 valence electrons. The Morgan fingerprint density at radius 2 is 2.07 bits per heavy atom. The molecule has 0 aromatic heterocycles. The van der Waals surface area contributed by atoms with E-state index in [1.807, 2.05) is 0 Å². The summed E-state index contributed by atoms with van der Waals surface area (Å²) in [5, 5.41) is 2.47. The number of nitrogens with one attached hydrogen (secondary N) is 1. The molecule has 0 aromatic rings. The highest BCUT2D eigenvalue weighted by Gasteiger charge is 2.04. The Bertz CT molecular complexity index is 185. The summed E-state index contributed by atoms with van der Waals surface area (Å²) in [5.41, 5.74) is 0. The molecule has 0 bridgehead atoms. The molecule has 0 aliphatic rings. The van der Waals surface area contributed by atoms with E-state index in [1.165, 1.54) is 0 Å². The first kappa shape index (κ1) is 13.2. The van der Waals surface area contributed by atoms with Crippen molar-refractivity contribution >= 4 is 23.5 Å². The van der Waals surface area contributed by atoms with Gasteiger partial charge in [-0.15, -0.1) is 11.6 Å². The molecule has 0 atom stereocenters. The minimum absolute atomic E-state index is 0.0481. The number of ether oxygens (including phenoxy) is 1. The maximum atomic E-state index is 11.1. The van der Waals surface area contributed by atoms with Gasteiger partial charge in [-0.05, 0) is 19.8 Å². The lowest BCUT2D eigenvalue weighted by Crippen LogP contribution is -2.30. The number of esters is 1. The first-order chi connectivity index (χ1) is 6.70. The van der Waals surface area contributed by atoms with Gasteiger partial charge in [0.15, 0.2) is 0 Å². The summed E-state index contributed by atoms with van der Waals surface area (Å²) in [6.45, 7) is 2.01. The molecule has 4 nitrogen and oxygen atoms in total. The molecule has 0 aliphatic carbocycles. The second-order valence-electron chi connectivity index (χ2n) is 2.73. The molecule has 0 spiro atoms. The summed E-state index contributed by atoms with van der Waals surface area (Å²) in [6.07, 6.45) is 1.97. The molecule has 0 saturated heterocycles. The van der Waals surface area contributed by atoms with Crippen LogP contribution in [0.5, 0.6) is 0 Å². The van der Waals surface area contributed by atoms with Gasteiger partial charge in [0.2, 0.25) is 5.91 Å². The minimum Gasteiger partial charge on any atom is -0.465 e. The van der Waals surface area contributed by atoms with Crippen molar-refractivity contribution in [3.05, 3.63) is 0 Å². The summed E-state index contributed by atoms with van der Waals surface area (Å²) in [7, 11) is 0. The van der Waals surface area contributed by atoms with Crippen LogP contribution in [-0.2, 0) is 14.3 Å². The summed E-state index contributed by atoms with van der Waals surface area (Å²) < 4.78 is 4.64. The predicted molar refractivity (Wildman–Crippen MR) is 54.2 cm³/mol. The third kappa shape index (κ3) is 7.86. The predicted octanol–water partition coefficient (Wildman–Crippen LogP) is 1.07. The number of hydrogen-bond acceptors (Lipinski definition) is 3. The number of rotatable bonds is 7. The zero-order valence-electron chi connectivity index (χ0n) is 8.35. The lowest BCUT2D eigenvalue weighted by Gasteiger charge is -2.04. The molecule has 0 unspecified atom stereocenters. The fourth-order valence-corrected chi connectivity index (χ4v) is 1.04. The minimum atomic E-state index is -0.404. The number of carbonyl (C=O) groups is 2. The first-order valence-corrected chi connectivity index (χ1v) is 5.22. The van der Waals surface area contributed by atoms with E-state index in [1.54, 1.807) is 6.92 Å². The topological polar surface area (TPSA) is 55.4 Å². The number of hydrogen-bond donors (Lipinski definition) is 1. The van der Waals surface area contributed by atoms with Crippen LogP contribution >= 0.6 is 11.6 Å². The lowest BCUT2D eigenvalue weighted by molar-refractivity contribution is -0.143. The van der Waals surface area contributed by atoms with E-state index < -0.39 is 5.97 Å². The van der Waals surface area contributed by atoms with E-state index in [9.17, 15) is 9.59 Å². The molecular weight excluding hydrogens is 206 g/mol. The zero-order chi connectivity index (χ0) is 10.8. The quantitative estimate of drug-likeness (QED) is 0.398. The number of carbonyl (C=O) groups excluding carboxylic acids is 2. The lowest BCUT2D eigenvalue weighted by atomic mass is 10.2. The molecule has 5 heteroatoms. The van der Waals surface area contributed by atoms with Crippen molar-refractivity contribution in [2.75, 3.05) is 19.0 Å². The van der Waals surface area contributed by atoms with Gasteiger partial charge in [0.1, 0.15) is 6.54 Å². The first-order valence-electron chi connectivity index (χ1n) is 4.69. The molecule has 1 N–H and O–H groups in total. The second-order valence-corrected chi connectivity index (χ2v) is 3.11. The largest absolute Gasteiger partial charge is 0.465 e. The van der Waals surface area contributed by atoms with Crippen molar-refractivity contribution in [3.8, 4) is 0 Å². The zero-order valence-corrected chi connectivity index (χ0v) is 9.10. The molecular formula is C9H16ClNO3. The fourth-order valence-electron chi connectivity index (χ4n) is 0.851. The highest BCUT2D eigenvalue weighted by Crippen LogP contribution is 1.96. The van der Waals surface area contributed by atoms with Crippen LogP contribution < -0.4 is 5.32 Å². The smallest absolute Gasteiger partial charge is 0.325 e. The van der Waals surface area contributed by atoms with E-state index in [4.69, 9.17) is 11.6 Å². The van der Waals surface area contributed by atoms with Crippen LogP contribution in [0.3, 0.4) is 0 Å². The standard InChI is InChI=1S/C9H16ClNO3/c1-2-14-9(13)7-11-8(12)5-3-4-6-10/h2-7H2,1H3,(H,11,12). The normalized spacial score (nSPS) is 9.57. The van der Waals surface area contributed by atoms with Gasteiger partial charge in [-0.3, -0.25) is 9.59 Å². The number of halogens is 1. The molecule has 0 radical (unpaired) electrons. The van der Waals surface area contributed by atoms with Crippen LogP contribution in [-0.4, -0.2) is 30.9 Å². The fraction of sp³-hybridized carbons (Fsp3) is 0.778. The van der Waals surface area contributed by atoms with Crippen molar-refractivity contribution in [1.82, 2.24) is 5.32 Å². The maximum Gasteiger partial charge on any atom is 0.325 e. The Labute approximate surface area is 88.9 Å². The maximum absolute atomic E-state index is 11.1. The second kappa shape index (κ2) is 8.81. The van der Waals surface area contributed by atoms with Crippen LogP contribution in [0.1, 0.15) is 26.2 Å². The van der Waals surface area contributed by atoms with Crippen LogP contribution in [0.15, 0.2) is 0 Å². The summed E-state index contributed by atoms with van der Waals surface area (Å²) in [4.78, 5) is 21.9. The Hall–Kier alpha value is -0.770. The van der Waals surface area contributed by atoms with E-state index in [0.717, 1.165) is 12.8 Å². The molecule has 0 fully saturated rings. The Kier molecular flexibility index (Phi) is 8.33. The third-order valence-corrected chi connectivity index (χ3v) is 1.79. The van der Waals surface area contributed by atoms with Crippen LogP contribution in [0, 0.1) is 0 Å². The number of alkyl halides is 1. The number of amides is 1. The highest BCUT2D eigenvalue weighted by molar-refractivity contribution is 6.17. The SMILES string of the molecule is CCOC(=O)CNC(=O)CCCCCl. The molecule has 0 heterocycles. The van der Waals surface area contributed by atoms with Gasteiger partial charge in [0, 0.05) is 12.3 Å². The van der Waals surface area contributed by atoms with Gasteiger partial charge < -0.3 is 10.1 Å². The average molecular weight is 222 g/mol. The van der Waals surface area contributed by atoms with Crippen molar-refractivity contribution in [3.63, 3.8) is 0 Å². The van der Waals surface area contributed by atoms with E-state index in [-0.39, 0.29) is 12.5 Å². The highest BCUT2D eigenvalue weighted by atomic mass is 35.5. The molecule has 0 saturated carbocycles. The van der Waals surface area contributed by atoms with Gasteiger partial charge in [0.05, 0.1) is 6.61 Å². The van der Waals surface area contributed by atoms with Crippen LogP contribution in [0.25, 0.3) is 0 Å². The van der Waals surface area contributed by atoms with Crippen molar-refractivity contribution in [2.24, 2.45) is 0 Å². The van der Waals surface area contributed by atoms with E-state index in [2.05, 4.69) is 10.1 Å². The van der Waals surface area contributed by atoms with Gasteiger partial charge in [-0.25, -0.2) is 0 Å². The van der Waals surface area contributed by atoms with Crippen molar-refractivity contribution in [2.45, 2.75) is 26.2 Å². The van der Waals surface area contributed by atoms with Gasteiger partial charge >= 0.3 is 5.97 Å². The Morgan fingerprint density at radius 1 is 1.36 bits per heavy atom. The van der Waals surface area contributed by atoms with Gasteiger partial charge in [-0.2, -0.15) is 0 Å². The average Bonchev–Trinajstić information content (AvgIpc) is 2.16. The van der Waals surface area contributed by atoms with Gasteiger partial charge in [-0.1, -0.05) is 0 Å². The Morgan fingerprint density at radius 3 is 2.64 bits per heavy atom. The molecule has 0 aliphatic heterocycles. The molecule has 0 rings (SSSR count). The summed E-state index contributed by atoms with van der Waals surface area (Å²) in [5.74, 6) is 0.0203. The van der Waals surface area contributed by atoms with Crippen LogP contribution in [0.2, 0.25) is 0 Å². The monoisotopic (exact) mass is 221 g/mol. The Balaban J connectivity index is 3.39. The van der Waals surface area contributed by atoms with Crippen LogP contribution in [0.4, 0.5) is 0 Å². The van der Waals surface area contributed by atoms with Crippen molar-refractivity contribution < 1.29 is 14.3 Å². The van der Waals surface area contributed by atoms with E-state index in [0.29, 0.717) is 18.9 Å². The summed E-state index contributed by atoms with van der Waals surface area (Å²) in [6, 6.07) is 0. The number of unbranched alkanes of at least 4 members (excludes halogenated alkanes) is 1. The van der Waals surface area contributed by atoms with Gasteiger partial charge in [0.25, 0.3) is 0 Å². The molecule has 14 heavy (non-hydrogen) atoms.